The SMILES string of the molecule is Cc1ccc(F)cc1Oc1ccc(C(N)=S)cc1Cl. The van der Waals surface area contributed by atoms with Gasteiger partial charge in [-0.1, -0.05) is 29.9 Å². The van der Waals surface area contributed by atoms with Crippen LogP contribution in [-0.2, 0) is 0 Å². The average molecular weight is 296 g/mol. The smallest absolute Gasteiger partial charge is 0.146 e. The maximum atomic E-state index is 13.2. The molecule has 5 heteroatoms. The number of rotatable bonds is 3. The predicted molar refractivity (Wildman–Crippen MR) is 78.6 cm³/mol. The Morgan fingerprint density at radius 3 is 2.58 bits per heavy atom. The van der Waals surface area contributed by atoms with Crippen LogP contribution in [0, 0.1) is 12.7 Å². The molecular weight excluding hydrogens is 285 g/mol. The molecule has 0 fully saturated rings. The summed E-state index contributed by atoms with van der Waals surface area (Å²) in [5.74, 6) is 0.483. The van der Waals surface area contributed by atoms with Gasteiger partial charge in [-0.2, -0.15) is 0 Å². The molecule has 0 amide bonds. The molecule has 2 N–H and O–H groups in total. The highest BCUT2D eigenvalue weighted by atomic mass is 35.5. The number of aryl methyl sites for hydroxylation is 1. The maximum absolute atomic E-state index is 13.2. The van der Waals surface area contributed by atoms with Gasteiger partial charge in [0, 0.05) is 11.6 Å². The van der Waals surface area contributed by atoms with E-state index >= 15 is 0 Å². The largest absolute Gasteiger partial charge is 0.455 e. The first-order valence-corrected chi connectivity index (χ1v) is 6.29. The number of ether oxygens (including phenoxy) is 1. The molecule has 2 nitrogen and oxygen atoms in total. The van der Waals surface area contributed by atoms with Gasteiger partial charge in [-0.05, 0) is 36.8 Å². The minimum atomic E-state index is -0.364. The zero-order valence-corrected chi connectivity index (χ0v) is 11.7. The summed E-state index contributed by atoms with van der Waals surface area (Å²) < 4.78 is 18.8. The molecule has 19 heavy (non-hydrogen) atoms. The number of halogens is 2. The Bertz CT molecular complexity index is 645. The third kappa shape index (κ3) is 3.22. The molecule has 0 spiro atoms. The molecule has 98 valence electrons. The number of hydrogen-bond acceptors (Lipinski definition) is 2. The Morgan fingerprint density at radius 1 is 1.21 bits per heavy atom. The lowest BCUT2D eigenvalue weighted by atomic mass is 10.2. The summed E-state index contributed by atoms with van der Waals surface area (Å²) in [6.45, 7) is 1.83. The van der Waals surface area contributed by atoms with E-state index in [1.165, 1.54) is 12.1 Å². The summed E-state index contributed by atoms with van der Waals surface area (Å²) in [5.41, 5.74) is 6.98. The van der Waals surface area contributed by atoms with Crippen LogP contribution < -0.4 is 10.5 Å². The van der Waals surface area contributed by atoms with E-state index in [1.54, 1.807) is 24.3 Å². The van der Waals surface area contributed by atoms with Crippen molar-refractivity contribution in [2.24, 2.45) is 5.73 Å². The lowest BCUT2D eigenvalue weighted by Crippen LogP contribution is -2.08. The normalized spacial score (nSPS) is 10.3. The maximum Gasteiger partial charge on any atom is 0.146 e. The molecule has 0 bridgehead atoms. The average Bonchev–Trinajstić information content (AvgIpc) is 2.36. The first kappa shape index (κ1) is 13.8. The lowest BCUT2D eigenvalue weighted by Gasteiger charge is -2.11. The van der Waals surface area contributed by atoms with Gasteiger partial charge in [0.1, 0.15) is 22.3 Å². The summed E-state index contributed by atoms with van der Waals surface area (Å²) in [6, 6.07) is 9.31. The van der Waals surface area contributed by atoms with Gasteiger partial charge >= 0.3 is 0 Å². The summed E-state index contributed by atoms with van der Waals surface area (Å²) in [5, 5.41) is 0.369. The number of benzene rings is 2. The van der Waals surface area contributed by atoms with Gasteiger partial charge in [0.15, 0.2) is 0 Å². The molecule has 2 aromatic carbocycles. The Kier molecular flexibility index (Phi) is 4.02. The van der Waals surface area contributed by atoms with Gasteiger partial charge < -0.3 is 10.5 Å². The molecule has 0 saturated carbocycles. The predicted octanol–water partition coefficient (Wildman–Crippen LogP) is 4.21. The third-order valence-corrected chi connectivity index (χ3v) is 3.12. The van der Waals surface area contributed by atoms with Crippen LogP contribution in [0.5, 0.6) is 11.5 Å². The fourth-order valence-corrected chi connectivity index (χ4v) is 1.89. The summed E-state index contributed by atoms with van der Waals surface area (Å²) in [6.07, 6.45) is 0. The van der Waals surface area contributed by atoms with Crippen LogP contribution in [0.3, 0.4) is 0 Å². The van der Waals surface area contributed by atoms with E-state index in [-0.39, 0.29) is 10.8 Å². The van der Waals surface area contributed by atoms with E-state index in [1.807, 2.05) is 6.92 Å². The second-order valence-corrected chi connectivity index (χ2v) is 4.87. The van der Waals surface area contributed by atoms with Crippen LogP contribution in [0.4, 0.5) is 4.39 Å². The van der Waals surface area contributed by atoms with Gasteiger partial charge in [0.2, 0.25) is 0 Å². The van der Waals surface area contributed by atoms with Gasteiger partial charge in [-0.3, -0.25) is 0 Å². The van der Waals surface area contributed by atoms with Crippen molar-refractivity contribution in [1.29, 1.82) is 0 Å². The van der Waals surface area contributed by atoms with Crippen LogP contribution >= 0.6 is 23.8 Å². The highest BCUT2D eigenvalue weighted by Crippen LogP contribution is 2.32. The van der Waals surface area contributed by atoms with Crippen molar-refractivity contribution in [1.82, 2.24) is 0 Å². The zero-order valence-electron chi connectivity index (χ0n) is 10.1. The van der Waals surface area contributed by atoms with Gasteiger partial charge in [0.25, 0.3) is 0 Å². The quantitative estimate of drug-likeness (QED) is 0.861. The highest BCUT2D eigenvalue weighted by molar-refractivity contribution is 7.80. The zero-order chi connectivity index (χ0) is 14.0. The number of thiocarbonyl (C=S) groups is 1. The van der Waals surface area contributed by atoms with Crippen molar-refractivity contribution in [3.63, 3.8) is 0 Å². The van der Waals surface area contributed by atoms with E-state index in [4.69, 9.17) is 34.3 Å². The third-order valence-electron chi connectivity index (χ3n) is 2.59. The Labute approximate surface area is 120 Å². The monoisotopic (exact) mass is 295 g/mol. The number of hydrogen-bond donors (Lipinski definition) is 1. The fourth-order valence-electron chi connectivity index (χ4n) is 1.54. The topological polar surface area (TPSA) is 35.2 Å². The fraction of sp³-hybridized carbons (Fsp3) is 0.0714. The van der Waals surface area contributed by atoms with Crippen LogP contribution in [0.25, 0.3) is 0 Å². The number of nitrogens with two attached hydrogens (primary N) is 1. The molecule has 0 heterocycles. The Balaban J connectivity index is 2.33. The molecule has 0 atom stereocenters. The molecule has 0 radical (unpaired) electrons. The van der Waals surface area contributed by atoms with E-state index < -0.39 is 0 Å². The second-order valence-electron chi connectivity index (χ2n) is 4.02. The molecule has 0 saturated heterocycles. The van der Waals surface area contributed by atoms with Crippen molar-refractivity contribution in [3.8, 4) is 11.5 Å². The van der Waals surface area contributed by atoms with Crippen molar-refractivity contribution in [2.45, 2.75) is 6.92 Å². The van der Waals surface area contributed by atoms with E-state index in [2.05, 4.69) is 0 Å². The first-order valence-electron chi connectivity index (χ1n) is 5.51. The molecular formula is C14H11ClFNOS. The molecule has 0 aliphatic carbocycles. The van der Waals surface area contributed by atoms with Crippen molar-refractivity contribution in [3.05, 3.63) is 58.4 Å². The minimum Gasteiger partial charge on any atom is -0.455 e. The highest BCUT2D eigenvalue weighted by Gasteiger charge is 2.08. The molecule has 0 aliphatic heterocycles. The minimum absolute atomic E-state index is 0.260. The van der Waals surface area contributed by atoms with E-state index in [0.29, 0.717) is 22.1 Å². The summed E-state index contributed by atoms with van der Waals surface area (Å²) in [4.78, 5) is 0.260. The van der Waals surface area contributed by atoms with E-state index in [0.717, 1.165) is 5.56 Å². The Hall–Kier alpha value is -1.65. The Morgan fingerprint density at radius 2 is 1.95 bits per heavy atom. The van der Waals surface area contributed by atoms with Crippen LogP contribution in [0.1, 0.15) is 11.1 Å². The van der Waals surface area contributed by atoms with Gasteiger partial charge in [-0.15, -0.1) is 0 Å². The van der Waals surface area contributed by atoms with Gasteiger partial charge in [-0.25, -0.2) is 4.39 Å². The van der Waals surface area contributed by atoms with Crippen LogP contribution in [-0.4, -0.2) is 4.99 Å². The van der Waals surface area contributed by atoms with Crippen molar-refractivity contribution < 1.29 is 9.13 Å². The standard InChI is InChI=1S/C14H11ClFNOS/c1-8-2-4-10(16)7-13(8)18-12-5-3-9(14(17)19)6-11(12)15/h2-7H,1H3,(H2,17,19). The van der Waals surface area contributed by atoms with Crippen molar-refractivity contribution in [2.75, 3.05) is 0 Å². The van der Waals surface area contributed by atoms with Crippen LogP contribution in [0.15, 0.2) is 36.4 Å². The first-order chi connectivity index (χ1) is 8.97. The molecule has 2 rings (SSSR count). The van der Waals surface area contributed by atoms with Crippen LogP contribution in [0.2, 0.25) is 5.02 Å². The van der Waals surface area contributed by atoms with E-state index in [9.17, 15) is 4.39 Å². The van der Waals surface area contributed by atoms with Crippen molar-refractivity contribution >= 4 is 28.8 Å². The lowest BCUT2D eigenvalue weighted by molar-refractivity contribution is 0.473. The molecule has 0 unspecified atom stereocenters. The molecule has 2 aromatic rings. The van der Waals surface area contributed by atoms with Gasteiger partial charge in [0.05, 0.1) is 5.02 Å². The molecule has 0 aromatic heterocycles. The second kappa shape index (κ2) is 5.55. The molecule has 0 aliphatic rings. The summed E-state index contributed by atoms with van der Waals surface area (Å²) in [7, 11) is 0. The summed E-state index contributed by atoms with van der Waals surface area (Å²) >= 11 is 10.9.